The van der Waals surface area contributed by atoms with Crippen molar-refractivity contribution in [3.63, 3.8) is 0 Å². The first-order valence-electron chi connectivity index (χ1n) is 7.87. The molecule has 2 amide bonds. The number of carbonyl (C=O) groups excluding carboxylic acids is 2. The van der Waals surface area contributed by atoms with Crippen LogP contribution in [0, 0.1) is 5.82 Å². The Labute approximate surface area is 140 Å². The SMILES string of the molecule is COC1(CC(N)=O)COCCN(C(=O)CCc2ccc(F)cc2)C1. The number of hydrogen-bond donors (Lipinski definition) is 1. The van der Waals surface area contributed by atoms with Crippen LogP contribution < -0.4 is 5.73 Å². The van der Waals surface area contributed by atoms with E-state index in [1.54, 1.807) is 17.0 Å². The number of rotatable bonds is 6. The van der Waals surface area contributed by atoms with Crippen LogP contribution in [0.4, 0.5) is 4.39 Å². The van der Waals surface area contributed by atoms with E-state index in [2.05, 4.69) is 0 Å². The van der Waals surface area contributed by atoms with Gasteiger partial charge in [0.05, 0.1) is 26.2 Å². The molecule has 132 valence electrons. The van der Waals surface area contributed by atoms with Crippen molar-refractivity contribution in [2.45, 2.75) is 24.9 Å². The number of methoxy groups -OCH3 is 1. The predicted octanol–water partition coefficient (Wildman–Crippen LogP) is 0.878. The van der Waals surface area contributed by atoms with E-state index in [4.69, 9.17) is 15.2 Å². The Morgan fingerprint density at radius 2 is 2.08 bits per heavy atom. The van der Waals surface area contributed by atoms with Gasteiger partial charge in [0.15, 0.2) is 0 Å². The normalized spacial score (nSPS) is 21.3. The lowest BCUT2D eigenvalue weighted by Gasteiger charge is -2.33. The van der Waals surface area contributed by atoms with Crippen molar-refractivity contribution in [1.29, 1.82) is 0 Å². The highest BCUT2D eigenvalue weighted by molar-refractivity contribution is 5.77. The summed E-state index contributed by atoms with van der Waals surface area (Å²) < 4.78 is 23.9. The number of carbonyl (C=O) groups is 2. The molecule has 2 N–H and O–H groups in total. The molecule has 1 atom stereocenters. The van der Waals surface area contributed by atoms with Crippen molar-refractivity contribution in [3.05, 3.63) is 35.6 Å². The van der Waals surface area contributed by atoms with Gasteiger partial charge in [-0.3, -0.25) is 9.59 Å². The van der Waals surface area contributed by atoms with Gasteiger partial charge >= 0.3 is 0 Å². The van der Waals surface area contributed by atoms with E-state index in [0.717, 1.165) is 5.56 Å². The van der Waals surface area contributed by atoms with E-state index in [1.165, 1.54) is 19.2 Å². The smallest absolute Gasteiger partial charge is 0.223 e. The maximum Gasteiger partial charge on any atom is 0.223 e. The van der Waals surface area contributed by atoms with Crippen molar-refractivity contribution < 1.29 is 23.5 Å². The zero-order valence-electron chi connectivity index (χ0n) is 13.8. The minimum Gasteiger partial charge on any atom is -0.377 e. The maximum atomic E-state index is 12.9. The summed E-state index contributed by atoms with van der Waals surface area (Å²) in [6.45, 7) is 1.29. The number of amides is 2. The van der Waals surface area contributed by atoms with Gasteiger partial charge in [0.25, 0.3) is 0 Å². The second kappa shape index (κ2) is 8.21. The average Bonchev–Trinajstić information content (AvgIpc) is 2.77. The van der Waals surface area contributed by atoms with Gasteiger partial charge in [-0.15, -0.1) is 0 Å². The molecule has 0 saturated carbocycles. The Balaban J connectivity index is 1.98. The quantitative estimate of drug-likeness (QED) is 0.835. The molecule has 7 heteroatoms. The van der Waals surface area contributed by atoms with Gasteiger partial charge in [0.2, 0.25) is 11.8 Å². The molecule has 6 nitrogen and oxygen atoms in total. The number of benzene rings is 1. The van der Waals surface area contributed by atoms with E-state index < -0.39 is 11.5 Å². The fourth-order valence-electron chi connectivity index (χ4n) is 2.80. The molecule has 0 radical (unpaired) electrons. The Bertz CT molecular complexity index is 578. The standard InChI is InChI=1S/C17H23FN2O4/c1-23-17(10-15(19)21)11-20(8-9-24-12-17)16(22)7-4-13-2-5-14(18)6-3-13/h2-3,5-6H,4,7-12H2,1H3,(H2,19,21). The first kappa shape index (κ1) is 18.4. The summed E-state index contributed by atoms with van der Waals surface area (Å²) in [6, 6.07) is 6.09. The van der Waals surface area contributed by atoms with E-state index in [-0.39, 0.29) is 31.3 Å². The van der Waals surface area contributed by atoms with Crippen LogP contribution in [0.25, 0.3) is 0 Å². The second-order valence-corrected chi connectivity index (χ2v) is 6.02. The molecule has 0 aromatic heterocycles. The van der Waals surface area contributed by atoms with Crippen molar-refractivity contribution in [3.8, 4) is 0 Å². The minimum atomic E-state index is -0.909. The highest BCUT2D eigenvalue weighted by Crippen LogP contribution is 2.21. The van der Waals surface area contributed by atoms with Gasteiger partial charge in [-0.1, -0.05) is 12.1 Å². The monoisotopic (exact) mass is 338 g/mol. The van der Waals surface area contributed by atoms with Crippen LogP contribution in [0.5, 0.6) is 0 Å². The van der Waals surface area contributed by atoms with Crippen LogP contribution >= 0.6 is 0 Å². The van der Waals surface area contributed by atoms with Crippen molar-refractivity contribution in [2.24, 2.45) is 5.73 Å². The molecule has 1 heterocycles. The number of nitrogens with zero attached hydrogens (tertiary/aromatic N) is 1. The molecule has 1 unspecified atom stereocenters. The lowest BCUT2D eigenvalue weighted by molar-refractivity contribution is -0.139. The Morgan fingerprint density at radius 1 is 1.38 bits per heavy atom. The molecule has 2 rings (SSSR count). The van der Waals surface area contributed by atoms with Gasteiger partial charge in [-0.05, 0) is 24.1 Å². The van der Waals surface area contributed by atoms with E-state index >= 15 is 0 Å². The van der Waals surface area contributed by atoms with Crippen molar-refractivity contribution >= 4 is 11.8 Å². The lowest BCUT2D eigenvalue weighted by Crippen LogP contribution is -2.50. The molecule has 1 aromatic rings. The fraction of sp³-hybridized carbons (Fsp3) is 0.529. The van der Waals surface area contributed by atoms with Gasteiger partial charge in [-0.2, -0.15) is 0 Å². The second-order valence-electron chi connectivity index (χ2n) is 6.02. The largest absolute Gasteiger partial charge is 0.377 e. The van der Waals surface area contributed by atoms with Gasteiger partial charge in [0.1, 0.15) is 11.4 Å². The summed E-state index contributed by atoms with van der Waals surface area (Å²) >= 11 is 0. The topological polar surface area (TPSA) is 81.9 Å². The minimum absolute atomic E-state index is 0.00869. The molecule has 0 aliphatic carbocycles. The molecule has 24 heavy (non-hydrogen) atoms. The maximum absolute atomic E-state index is 12.9. The van der Waals surface area contributed by atoms with E-state index in [9.17, 15) is 14.0 Å². The van der Waals surface area contributed by atoms with Crippen LogP contribution in [0.2, 0.25) is 0 Å². The fourth-order valence-corrected chi connectivity index (χ4v) is 2.80. The molecule has 0 spiro atoms. The van der Waals surface area contributed by atoms with E-state index in [0.29, 0.717) is 26.0 Å². The number of hydrogen-bond acceptors (Lipinski definition) is 4. The summed E-state index contributed by atoms with van der Waals surface area (Å²) in [5.74, 6) is -0.858. The summed E-state index contributed by atoms with van der Waals surface area (Å²) in [7, 11) is 1.48. The Morgan fingerprint density at radius 3 is 2.71 bits per heavy atom. The zero-order chi connectivity index (χ0) is 17.6. The average molecular weight is 338 g/mol. The van der Waals surface area contributed by atoms with Crippen molar-refractivity contribution in [2.75, 3.05) is 33.4 Å². The van der Waals surface area contributed by atoms with Crippen LogP contribution in [-0.4, -0.2) is 55.7 Å². The zero-order valence-corrected chi connectivity index (χ0v) is 13.8. The summed E-state index contributed by atoms with van der Waals surface area (Å²) in [5, 5.41) is 0. The third-order valence-electron chi connectivity index (χ3n) is 4.17. The molecular weight excluding hydrogens is 315 g/mol. The van der Waals surface area contributed by atoms with Gasteiger partial charge in [0, 0.05) is 20.1 Å². The third-order valence-corrected chi connectivity index (χ3v) is 4.17. The number of nitrogens with two attached hydrogens (primary N) is 1. The molecule has 1 saturated heterocycles. The van der Waals surface area contributed by atoms with Crippen LogP contribution in [0.3, 0.4) is 0 Å². The number of primary amides is 1. The highest BCUT2D eigenvalue weighted by Gasteiger charge is 2.37. The Kier molecular flexibility index (Phi) is 6.28. The number of aryl methyl sites for hydroxylation is 1. The Hall–Kier alpha value is -1.99. The number of ether oxygens (including phenoxy) is 2. The number of halogens is 1. The third kappa shape index (κ3) is 5.01. The van der Waals surface area contributed by atoms with Crippen LogP contribution in [0.1, 0.15) is 18.4 Å². The molecule has 1 aliphatic heterocycles. The first-order valence-corrected chi connectivity index (χ1v) is 7.87. The van der Waals surface area contributed by atoms with Crippen LogP contribution in [0.15, 0.2) is 24.3 Å². The van der Waals surface area contributed by atoms with E-state index in [1.807, 2.05) is 0 Å². The molecule has 1 aromatic carbocycles. The first-order chi connectivity index (χ1) is 11.4. The summed E-state index contributed by atoms with van der Waals surface area (Å²) in [5.41, 5.74) is 5.28. The predicted molar refractivity (Wildman–Crippen MR) is 85.7 cm³/mol. The van der Waals surface area contributed by atoms with Crippen LogP contribution in [-0.2, 0) is 25.5 Å². The lowest BCUT2D eigenvalue weighted by atomic mass is 9.99. The molecule has 0 bridgehead atoms. The highest BCUT2D eigenvalue weighted by atomic mass is 19.1. The summed E-state index contributed by atoms with van der Waals surface area (Å²) in [6.07, 6.45) is 0.805. The van der Waals surface area contributed by atoms with Gasteiger partial charge < -0.3 is 20.1 Å². The molecular formula is C17H23FN2O4. The van der Waals surface area contributed by atoms with Crippen molar-refractivity contribution in [1.82, 2.24) is 4.90 Å². The molecule has 1 fully saturated rings. The van der Waals surface area contributed by atoms with Gasteiger partial charge in [-0.25, -0.2) is 4.39 Å². The summed E-state index contributed by atoms with van der Waals surface area (Å²) in [4.78, 5) is 25.5. The molecule has 1 aliphatic rings.